The highest BCUT2D eigenvalue weighted by Gasteiger charge is 2.32. The van der Waals surface area contributed by atoms with Crippen molar-refractivity contribution >= 4 is 40.3 Å². The monoisotopic (exact) mass is 491 g/mol. The number of hydrogen-bond donors (Lipinski definition) is 2. The number of para-hydroxylation sites is 1. The maximum atomic E-state index is 14.9. The second-order valence-electron chi connectivity index (χ2n) is 7.91. The van der Waals surface area contributed by atoms with Gasteiger partial charge in [-0.3, -0.25) is 10.2 Å². The number of ether oxygens (including phenoxy) is 1. The summed E-state index contributed by atoms with van der Waals surface area (Å²) in [4.78, 5) is 3.74. The number of fused-ring (bicyclic) bond motifs is 1. The van der Waals surface area contributed by atoms with E-state index in [2.05, 4.69) is 10.2 Å². The zero-order chi connectivity index (χ0) is 23.1. The number of aliphatic hydroxyl groups excluding tert-OH is 1. The number of nitrogens with zero attached hydrogens (tertiary/aromatic N) is 2. The quantitative estimate of drug-likeness (QED) is 0.521. The highest BCUT2D eigenvalue weighted by molar-refractivity contribution is 6.39. The summed E-state index contributed by atoms with van der Waals surface area (Å²) < 4.78 is 34.0. The van der Waals surface area contributed by atoms with Crippen LogP contribution in [0.3, 0.4) is 0 Å². The second-order valence-corrected chi connectivity index (χ2v) is 8.72. The van der Waals surface area contributed by atoms with Crippen molar-refractivity contribution in [1.82, 2.24) is 5.32 Å². The lowest BCUT2D eigenvalue weighted by Crippen LogP contribution is -2.47. The fraction of sp³-hybridized carbons (Fsp3) is 0.250. The first-order chi connectivity index (χ1) is 15.9. The fourth-order valence-electron chi connectivity index (χ4n) is 4.37. The smallest absolute Gasteiger partial charge is 0.188 e. The van der Waals surface area contributed by atoms with Crippen LogP contribution in [0, 0.1) is 11.6 Å². The number of aliphatic hydroxyl groups is 1. The lowest BCUT2D eigenvalue weighted by Gasteiger charge is -2.39. The number of rotatable bonds is 3. The molecule has 1 atom stereocenters. The first-order valence-electron chi connectivity index (χ1n) is 10.5. The molecule has 0 amide bonds. The third-order valence-corrected chi connectivity index (χ3v) is 6.56. The zero-order valence-corrected chi connectivity index (χ0v) is 19.0. The molecule has 2 N–H and O–H groups in total. The molecular formula is C24H21Cl2F2N3O2. The number of benzene rings is 3. The van der Waals surface area contributed by atoms with Gasteiger partial charge in [0.15, 0.2) is 6.35 Å². The number of anilines is 3. The minimum atomic E-state index is -1.11. The number of morpholine rings is 1. The summed E-state index contributed by atoms with van der Waals surface area (Å²) in [6.45, 7) is 2.74. The molecule has 0 bridgehead atoms. The van der Waals surface area contributed by atoms with Crippen LogP contribution in [-0.4, -0.2) is 37.8 Å². The van der Waals surface area contributed by atoms with E-state index in [1.807, 2.05) is 12.1 Å². The number of halogens is 4. The Labute approximate surface area is 200 Å². The molecule has 0 spiro atoms. The molecule has 5 nitrogen and oxygen atoms in total. The van der Waals surface area contributed by atoms with Crippen molar-refractivity contribution in [3.63, 3.8) is 0 Å². The molecule has 2 heterocycles. The van der Waals surface area contributed by atoms with Gasteiger partial charge < -0.3 is 14.7 Å². The average Bonchev–Trinajstić information content (AvgIpc) is 2.80. The Hall–Kier alpha value is -2.42. The molecule has 2 aliphatic heterocycles. The molecule has 1 saturated heterocycles. The highest BCUT2D eigenvalue weighted by Crippen LogP contribution is 2.46. The summed E-state index contributed by atoms with van der Waals surface area (Å²) in [5.74, 6) is -1.31. The van der Waals surface area contributed by atoms with Crippen molar-refractivity contribution in [2.24, 2.45) is 0 Å². The van der Waals surface area contributed by atoms with Crippen LogP contribution in [0.25, 0.3) is 11.1 Å². The third kappa shape index (κ3) is 4.16. The van der Waals surface area contributed by atoms with E-state index in [-0.39, 0.29) is 12.1 Å². The number of hydrogen-bond acceptors (Lipinski definition) is 5. The van der Waals surface area contributed by atoms with Gasteiger partial charge in [0, 0.05) is 37.0 Å². The van der Waals surface area contributed by atoms with Crippen LogP contribution in [0.15, 0.2) is 48.5 Å². The molecule has 1 unspecified atom stereocenters. The molecule has 0 radical (unpaired) electrons. The van der Waals surface area contributed by atoms with Crippen molar-refractivity contribution in [2.75, 3.05) is 36.1 Å². The molecule has 33 heavy (non-hydrogen) atoms. The van der Waals surface area contributed by atoms with Gasteiger partial charge in [-0.15, -0.1) is 0 Å². The van der Waals surface area contributed by atoms with Crippen LogP contribution < -0.4 is 15.1 Å². The zero-order valence-electron chi connectivity index (χ0n) is 17.5. The van der Waals surface area contributed by atoms with E-state index in [1.54, 1.807) is 23.1 Å². The Bertz CT molecular complexity index is 1180. The standard InChI is InChI=1S/C24H21Cl2F2N3O2/c25-19-2-1-3-20(26)23(19)31-22-12-15(30-6-8-33-9-7-30)11-17(18(22)13-29-24(31)32)16-5-4-14(27)10-21(16)28/h1-5,10-12,24,29,32H,6-9,13H2. The average molecular weight is 492 g/mol. The maximum absolute atomic E-state index is 14.9. The van der Waals surface area contributed by atoms with Gasteiger partial charge >= 0.3 is 0 Å². The van der Waals surface area contributed by atoms with Gasteiger partial charge in [-0.1, -0.05) is 29.3 Å². The lowest BCUT2D eigenvalue weighted by molar-refractivity contribution is 0.122. The summed E-state index contributed by atoms with van der Waals surface area (Å²) >= 11 is 13.0. The first-order valence-corrected chi connectivity index (χ1v) is 11.3. The van der Waals surface area contributed by atoms with Crippen LogP contribution in [0.4, 0.5) is 25.8 Å². The van der Waals surface area contributed by atoms with Crippen LogP contribution in [-0.2, 0) is 11.3 Å². The van der Waals surface area contributed by atoms with Crippen molar-refractivity contribution in [1.29, 1.82) is 0 Å². The Balaban J connectivity index is 1.76. The van der Waals surface area contributed by atoms with E-state index in [0.717, 1.165) is 17.3 Å². The van der Waals surface area contributed by atoms with E-state index in [0.29, 0.717) is 53.3 Å². The Morgan fingerprint density at radius 1 is 0.970 bits per heavy atom. The molecule has 1 fully saturated rings. The lowest BCUT2D eigenvalue weighted by atomic mass is 9.94. The predicted molar refractivity (Wildman–Crippen MR) is 126 cm³/mol. The second kappa shape index (κ2) is 9.08. The summed E-state index contributed by atoms with van der Waals surface area (Å²) in [5, 5.41) is 14.7. The van der Waals surface area contributed by atoms with Crippen LogP contribution in [0.2, 0.25) is 10.0 Å². The van der Waals surface area contributed by atoms with Crippen LogP contribution >= 0.6 is 23.2 Å². The molecule has 0 aliphatic carbocycles. The maximum Gasteiger partial charge on any atom is 0.188 e. The normalized spacial score (nSPS) is 18.4. The molecule has 5 rings (SSSR count). The van der Waals surface area contributed by atoms with E-state index in [4.69, 9.17) is 27.9 Å². The molecule has 172 valence electrons. The van der Waals surface area contributed by atoms with Crippen LogP contribution in [0.5, 0.6) is 0 Å². The molecule has 0 saturated carbocycles. The molecule has 2 aliphatic rings. The largest absolute Gasteiger partial charge is 0.378 e. The molecular weight excluding hydrogens is 471 g/mol. The molecule has 9 heteroatoms. The van der Waals surface area contributed by atoms with Gasteiger partial charge in [-0.2, -0.15) is 0 Å². The molecule has 3 aromatic carbocycles. The van der Waals surface area contributed by atoms with Crippen molar-refractivity contribution in [2.45, 2.75) is 12.9 Å². The van der Waals surface area contributed by atoms with Gasteiger partial charge in [0.05, 0.1) is 34.6 Å². The molecule has 0 aromatic heterocycles. The van der Waals surface area contributed by atoms with Crippen molar-refractivity contribution in [3.8, 4) is 11.1 Å². The summed E-state index contributed by atoms with van der Waals surface area (Å²) in [7, 11) is 0. The van der Waals surface area contributed by atoms with E-state index < -0.39 is 18.0 Å². The Kier molecular flexibility index (Phi) is 6.16. The van der Waals surface area contributed by atoms with Crippen molar-refractivity contribution < 1.29 is 18.6 Å². The minimum Gasteiger partial charge on any atom is -0.378 e. The third-order valence-electron chi connectivity index (χ3n) is 5.95. The van der Waals surface area contributed by atoms with Gasteiger partial charge in [0.25, 0.3) is 0 Å². The van der Waals surface area contributed by atoms with Gasteiger partial charge in [0.1, 0.15) is 11.6 Å². The van der Waals surface area contributed by atoms with E-state index in [1.165, 1.54) is 12.1 Å². The Morgan fingerprint density at radius 2 is 1.70 bits per heavy atom. The van der Waals surface area contributed by atoms with Crippen molar-refractivity contribution in [3.05, 3.63) is 75.8 Å². The summed E-state index contributed by atoms with van der Waals surface area (Å²) in [6.07, 6.45) is -1.11. The predicted octanol–water partition coefficient (Wildman–Crippen LogP) is 5.29. The van der Waals surface area contributed by atoms with Gasteiger partial charge in [-0.05, 0) is 47.5 Å². The van der Waals surface area contributed by atoms with E-state index in [9.17, 15) is 13.9 Å². The Morgan fingerprint density at radius 3 is 2.39 bits per heavy atom. The topological polar surface area (TPSA) is 48.0 Å². The fourth-order valence-corrected chi connectivity index (χ4v) is 4.95. The van der Waals surface area contributed by atoms with E-state index >= 15 is 0 Å². The number of nitrogens with one attached hydrogen (secondary N) is 1. The summed E-state index contributed by atoms with van der Waals surface area (Å²) in [5.41, 5.74) is 3.51. The molecule has 3 aromatic rings. The minimum absolute atomic E-state index is 0.268. The summed E-state index contributed by atoms with van der Waals surface area (Å²) in [6, 6.07) is 12.5. The first kappa shape index (κ1) is 22.4. The van der Waals surface area contributed by atoms with Gasteiger partial charge in [0.2, 0.25) is 0 Å². The highest BCUT2D eigenvalue weighted by atomic mass is 35.5. The SMILES string of the molecule is OC1NCc2c(-c3ccc(F)cc3F)cc(N3CCOCC3)cc2N1c1c(Cl)cccc1Cl. The van der Waals surface area contributed by atoms with Crippen LogP contribution in [0.1, 0.15) is 5.56 Å². The van der Waals surface area contributed by atoms with Gasteiger partial charge in [-0.25, -0.2) is 8.78 Å².